The monoisotopic (exact) mass is 415 g/mol. The van der Waals surface area contributed by atoms with Crippen LogP contribution in [0.4, 0.5) is 0 Å². The first-order valence-corrected chi connectivity index (χ1v) is 10.1. The van der Waals surface area contributed by atoms with Gasteiger partial charge in [-0.15, -0.1) is 0 Å². The normalized spacial score (nSPS) is 16.6. The number of aromatic nitrogens is 1. The van der Waals surface area contributed by atoms with E-state index in [9.17, 15) is 4.79 Å². The van der Waals surface area contributed by atoms with Crippen LogP contribution in [0.2, 0.25) is 10.0 Å². The summed E-state index contributed by atoms with van der Waals surface area (Å²) in [6, 6.07) is 11.5. The van der Waals surface area contributed by atoms with Crippen molar-refractivity contribution in [3.05, 3.63) is 68.8 Å². The number of benzene rings is 2. The Bertz CT molecular complexity index is 1060. The van der Waals surface area contributed by atoms with Gasteiger partial charge in [0, 0.05) is 35.2 Å². The molecule has 0 fully saturated rings. The number of likely N-dealkylation sites (N-methyl/N-ethyl adjacent to an activating group) is 1. The van der Waals surface area contributed by atoms with E-state index >= 15 is 0 Å². The third kappa shape index (κ3) is 3.41. The zero-order chi connectivity index (χ0) is 20.0. The highest BCUT2D eigenvalue weighted by Crippen LogP contribution is 2.36. The molecule has 1 unspecified atom stereocenters. The molecule has 0 aliphatic carbocycles. The minimum atomic E-state index is -0.0478. The summed E-state index contributed by atoms with van der Waals surface area (Å²) >= 11 is 12.2. The van der Waals surface area contributed by atoms with Crippen LogP contribution in [0.25, 0.3) is 10.9 Å². The predicted molar refractivity (Wildman–Crippen MR) is 116 cm³/mol. The summed E-state index contributed by atoms with van der Waals surface area (Å²) in [6.07, 6.45) is 0.829. The number of hydrogen-bond acceptors (Lipinski definition) is 2. The second kappa shape index (κ2) is 7.43. The van der Waals surface area contributed by atoms with Gasteiger partial charge in [0.15, 0.2) is 0 Å². The third-order valence-corrected chi connectivity index (χ3v) is 6.11. The highest BCUT2D eigenvalue weighted by Gasteiger charge is 2.34. The van der Waals surface area contributed by atoms with Crippen LogP contribution in [-0.2, 0) is 6.42 Å². The van der Waals surface area contributed by atoms with Gasteiger partial charge in [-0.3, -0.25) is 4.79 Å². The van der Waals surface area contributed by atoms with Crippen molar-refractivity contribution in [1.82, 2.24) is 14.8 Å². The first-order valence-electron chi connectivity index (χ1n) is 9.37. The maximum absolute atomic E-state index is 13.3. The van der Waals surface area contributed by atoms with Crippen LogP contribution < -0.4 is 0 Å². The van der Waals surface area contributed by atoms with Crippen molar-refractivity contribution >= 4 is 40.0 Å². The molecule has 2 heterocycles. The molecule has 4 nitrogen and oxygen atoms in total. The number of fused-ring (bicyclic) bond motifs is 3. The number of nitrogens with one attached hydrogen (secondary N) is 1. The Morgan fingerprint density at radius 3 is 2.68 bits per heavy atom. The number of aryl methyl sites for hydroxylation is 1. The number of rotatable bonds is 3. The van der Waals surface area contributed by atoms with E-state index in [1.165, 1.54) is 16.5 Å². The van der Waals surface area contributed by atoms with E-state index in [0.717, 1.165) is 24.2 Å². The number of carbonyl (C=O) groups is 1. The predicted octanol–water partition coefficient (Wildman–Crippen LogP) is 5.08. The topological polar surface area (TPSA) is 39.3 Å². The van der Waals surface area contributed by atoms with Gasteiger partial charge in [0.1, 0.15) is 0 Å². The molecule has 0 saturated carbocycles. The molecule has 146 valence electrons. The summed E-state index contributed by atoms with van der Waals surface area (Å²) in [7, 11) is 4.06. The third-order valence-electron chi connectivity index (χ3n) is 5.37. The number of hydrogen-bond donors (Lipinski definition) is 1. The zero-order valence-electron chi connectivity index (χ0n) is 16.2. The number of amides is 1. The van der Waals surface area contributed by atoms with E-state index in [1.807, 2.05) is 19.0 Å². The van der Waals surface area contributed by atoms with Crippen LogP contribution in [0.3, 0.4) is 0 Å². The molecule has 0 bridgehead atoms. The SMILES string of the molecule is Cc1ccc2[nH]c3c(c2c1)CCN(C(=O)c1ccc(Cl)c(Cl)c1)C3CN(C)C. The van der Waals surface area contributed by atoms with Gasteiger partial charge in [-0.2, -0.15) is 0 Å². The number of H-pyrrole nitrogens is 1. The van der Waals surface area contributed by atoms with Gasteiger partial charge in [-0.25, -0.2) is 0 Å². The van der Waals surface area contributed by atoms with E-state index in [2.05, 4.69) is 35.0 Å². The van der Waals surface area contributed by atoms with Crippen molar-refractivity contribution < 1.29 is 4.79 Å². The van der Waals surface area contributed by atoms with Gasteiger partial charge < -0.3 is 14.8 Å². The fraction of sp³-hybridized carbons (Fsp3) is 0.318. The highest BCUT2D eigenvalue weighted by molar-refractivity contribution is 6.42. The molecule has 1 amide bonds. The Morgan fingerprint density at radius 1 is 1.18 bits per heavy atom. The number of aromatic amines is 1. The molecule has 1 aliphatic rings. The molecule has 1 aliphatic heterocycles. The summed E-state index contributed by atoms with van der Waals surface area (Å²) in [5.41, 5.74) is 5.39. The van der Waals surface area contributed by atoms with Gasteiger partial charge in [-0.05, 0) is 63.3 Å². The molecule has 3 aromatic rings. The highest BCUT2D eigenvalue weighted by atomic mass is 35.5. The molecular formula is C22H23Cl2N3O. The van der Waals surface area contributed by atoms with Crippen molar-refractivity contribution in [3.8, 4) is 0 Å². The van der Waals surface area contributed by atoms with E-state index < -0.39 is 0 Å². The van der Waals surface area contributed by atoms with Gasteiger partial charge in [-0.1, -0.05) is 34.8 Å². The Hall–Kier alpha value is -2.01. The second-order valence-electron chi connectivity index (χ2n) is 7.72. The summed E-state index contributed by atoms with van der Waals surface area (Å²) < 4.78 is 0. The van der Waals surface area contributed by atoms with Crippen LogP contribution in [-0.4, -0.2) is 47.9 Å². The van der Waals surface area contributed by atoms with Crippen LogP contribution >= 0.6 is 23.2 Å². The Balaban J connectivity index is 1.77. The van der Waals surface area contributed by atoms with Crippen LogP contribution in [0.5, 0.6) is 0 Å². The molecule has 2 aromatic carbocycles. The van der Waals surface area contributed by atoms with Crippen molar-refractivity contribution in [2.24, 2.45) is 0 Å². The van der Waals surface area contributed by atoms with Gasteiger partial charge in [0.25, 0.3) is 5.91 Å². The Morgan fingerprint density at radius 2 is 1.96 bits per heavy atom. The Kier molecular flexibility index (Phi) is 5.13. The minimum absolute atomic E-state index is 0.0223. The van der Waals surface area contributed by atoms with E-state index in [4.69, 9.17) is 23.2 Å². The lowest BCUT2D eigenvalue weighted by atomic mass is 9.95. The largest absolute Gasteiger partial charge is 0.356 e. The van der Waals surface area contributed by atoms with Crippen molar-refractivity contribution in [1.29, 1.82) is 0 Å². The van der Waals surface area contributed by atoms with Crippen molar-refractivity contribution in [3.63, 3.8) is 0 Å². The summed E-state index contributed by atoms with van der Waals surface area (Å²) in [5, 5.41) is 2.12. The molecular weight excluding hydrogens is 393 g/mol. The molecule has 1 atom stereocenters. The number of carbonyl (C=O) groups excluding carboxylic acids is 1. The average Bonchev–Trinajstić information content (AvgIpc) is 3.02. The molecule has 1 aromatic heterocycles. The van der Waals surface area contributed by atoms with Crippen LogP contribution in [0.1, 0.15) is 33.2 Å². The molecule has 0 spiro atoms. The summed E-state index contributed by atoms with van der Waals surface area (Å²) in [5.74, 6) is -0.0223. The molecule has 6 heteroatoms. The van der Waals surface area contributed by atoms with Crippen molar-refractivity contribution in [2.45, 2.75) is 19.4 Å². The quantitative estimate of drug-likeness (QED) is 0.647. The zero-order valence-corrected chi connectivity index (χ0v) is 17.7. The first-order chi connectivity index (χ1) is 13.3. The summed E-state index contributed by atoms with van der Waals surface area (Å²) in [6.45, 7) is 3.52. The fourth-order valence-corrected chi connectivity index (χ4v) is 4.35. The summed E-state index contributed by atoms with van der Waals surface area (Å²) in [4.78, 5) is 21.0. The molecule has 1 N–H and O–H groups in total. The molecule has 28 heavy (non-hydrogen) atoms. The minimum Gasteiger partial charge on any atom is -0.356 e. The van der Waals surface area contributed by atoms with Gasteiger partial charge >= 0.3 is 0 Å². The number of nitrogens with zero attached hydrogens (tertiary/aromatic N) is 2. The average molecular weight is 416 g/mol. The van der Waals surface area contributed by atoms with Crippen LogP contribution in [0, 0.1) is 6.92 Å². The lowest BCUT2D eigenvalue weighted by molar-refractivity contribution is 0.0624. The smallest absolute Gasteiger partial charge is 0.254 e. The number of halogens is 2. The lowest BCUT2D eigenvalue weighted by Crippen LogP contribution is -2.44. The van der Waals surface area contributed by atoms with Gasteiger partial charge in [0.2, 0.25) is 0 Å². The standard InChI is InChI=1S/C22H23Cl2N3O/c1-13-4-7-19-16(10-13)15-8-9-27(20(12-26(2)3)21(15)25-19)22(28)14-5-6-17(23)18(24)11-14/h4-7,10-11,20,25H,8-9,12H2,1-3H3. The van der Waals surface area contributed by atoms with Crippen LogP contribution in [0.15, 0.2) is 36.4 Å². The maximum Gasteiger partial charge on any atom is 0.254 e. The molecule has 0 radical (unpaired) electrons. The van der Waals surface area contributed by atoms with Crippen molar-refractivity contribution in [2.75, 3.05) is 27.2 Å². The van der Waals surface area contributed by atoms with E-state index in [-0.39, 0.29) is 11.9 Å². The molecule has 4 rings (SSSR count). The van der Waals surface area contributed by atoms with E-state index in [1.54, 1.807) is 18.2 Å². The first kappa shape index (κ1) is 19.3. The Labute approximate surface area is 175 Å². The molecule has 0 saturated heterocycles. The fourth-order valence-electron chi connectivity index (χ4n) is 4.05. The lowest BCUT2D eigenvalue weighted by Gasteiger charge is -2.37. The van der Waals surface area contributed by atoms with E-state index in [0.29, 0.717) is 22.2 Å². The van der Waals surface area contributed by atoms with Gasteiger partial charge in [0.05, 0.1) is 16.1 Å². The maximum atomic E-state index is 13.3. The second-order valence-corrected chi connectivity index (χ2v) is 8.54.